The van der Waals surface area contributed by atoms with Crippen LogP contribution in [0.15, 0.2) is 18.2 Å². The van der Waals surface area contributed by atoms with E-state index in [0.29, 0.717) is 5.92 Å². The minimum Gasteiger partial charge on any atom is -0.496 e. The van der Waals surface area contributed by atoms with E-state index in [1.807, 2.05) is 0 Å². The predicted molar refractivity (Wildman–Crippen MR) is 91.5 cm³/mol. The van der Waals surface area contributed by atoms with Gasteiger partial charge in [-0.3, -0.25) is 0 Å². The molecule has 118 valence electrons. The van der Waals surface area contributed by atoms with Gasteiger partial charge in [0.2, 0.25) is 0 Å². The van der Waals surface area contributed by atoms with Gasteiger partial charge in [0.25, 0.3) is 0 Å². The average Bonchev–Trinajstić information content (AvgIpc) is 2.46. The minimum absolute atomic E-state index is 0.505. The van der Waals surface area contributed by atoms with Crippen LogP contribution in [0.25, 0.3) is 0 Å². The molecule has 0 amide bonds. The largest absolute Gasteiger partial charge is 0.496 e. The first-order valence-electron chi connectivity index (χ1n) is 8.44. The molecule has 1 aromatic carbocycles. The van der Waals surface area contributed by atoms with Gasteiger partial charge in [0.1, 0.15) is 5.75 Å². The highest BCUT2D eigenvalue weighted by Gasteiger charge is 2.21. The van der Waals surface area contributed by atoms with Crippen molar-refractivity contribution in [2.24, 2.45) is 11.8 Å². The zero-order valence-corrected chi connectivity index (χ0v) is 14.4. The van der Waals surface area contributed by atoms with Gasteiger partial charge in [-0.2, -0.15) is 0 Å². The third-order valence-corrected chi connectivity index (χ3v) is 4.62. The summed E-state index contributed by atoms with van der Waals surface area (Å²) < 4.78 is 5.59. The van der Waals surface area contributed by atoms with Crippen molar-refractivity contribution in [3.63, 3.8) is 0 Å². The molecular formula is C19H31NO. The van der Waals surface area contributed by atoms with Crippen molar-refractivity contribution in [3.8, 4) is 5.75 Å². The number of hydrogen-bond donors (Lipinski definition) is 0. The second kappa shape index (κ2) is 7.20. The fourth-order valence-corrected chi connectivity index (χ4v) is 3.47. The average molecular weight is 289 g/mol. The van der Waals surface area contributed by atoms with Crippen LogP contribution >= 0.6 is 0 Å². The molecule has 0 spiro atoms. The number of piperidine rings is 1. The second-order valence-electron chi connectivity index (χ2n) is 7.14. The molecular weight excluding hydrogens is 258 g/mol. The van der Waals surface area contributed by atoms with Gasteiger partial charge in [-0.05, 0) is 48.6 Å². The first-order valence-corrected chi connectivity index (χ1v) is 8.44. The Morgan fingerprint density at radius 1 is 1.14 bits per heavy atom. The van der Waals surface area contributed by atoms with Gasteiger partial charge < -0.3 is 9.64 Å². The van der Waals surface area contributed by atoms with Gasteiger partial charge in [0.15, 0.2) is 0 Å². The predicted octanol–water partition coefficient (Wildman–Crippen LogP) is 5.08. The third-order valence-electron chi connectivity index (χ3n) is 4.62. The number of benzene rings is 1. The third kappa shape index (κ3) is 4.15. The van der Waals surface area contributed by atoms with Crippen LogP contribution in [0.5, 0.6) is 5.75 Å². The van der Waals surface area contributed by atoms with Crippen LogP contribution in [0.1, 0.15) is 58.4 Å². The lowest BCUT2D eigenvalue weighted by Crippen LogP contribution is -2.34. The Morgan fingerprint density at radius 2 is 1.81 bits per heavy atom. The van der Waals surface area contributed by atoms with E-state index in [4.69, 9.17) is 4.74 Å². The quantitative estimate of drug-likeness (QED) is 0.749. The monoisotopic (exact) mass is 289 g/mol. The first kappa shape index (κ1) is 16.2. The Bertz CT molecular complexity index is 445. The Kier molecular flexibility index (Phi) is 5.55. The molecule has 1 saturated heterocycles. The van der Waals surface area contributed by atoms with Crippen molar-refractivity contribution in [3.05, 3.63) is 23.8 Å². The van der Waals surface area contributed by atoms with E-state index in [9.17, 15) is 0 Å². The summed E-state index contributed by atoms with van der Waals surface area (Å²) in [7, 11) is 1.78. The van der Waals surface area contributed by atoms with E-state index in [-0.39, 0.29) is 0 Å². The lowest BCUT2D eigenvalue weighted by molar-refractivity contribution is 0.338. The molecule has 0 atom stereocenters. The van der Waals surface area contributed by atoms with Crippen molar-refractivity contribution in [2.75, 3.05) is 25.1 Å². The Labute approximate surface area is 130 Å². The molecule has 1 aliphatic heterocycles. The minimum atomic E-state index is 0.505. The molecule has 2 nitrogen and oxygen atoms in total. The number of anilines is 1. The van der Waals surface area contributed by atoms with Crippen molar-refractivity contribution >= 4 is 5.69 Å². The second-order valence-corrected chi connectivity index (χ2v) is 7.14. The van der Waals surface area contributed by atoms with Gasteiger partial charge in [-0.25, -0.2) is 0 Å². The maximum atomic E-state index is 5.59. The van der Waals surface area contributed by atoms with Gasteiger partial charge >= 0.3 is 0 Å². The van der Waals surface area contributed by atoms with Crippen molar-refractivity contribution < 1.29 is 4.74 Å². The van der Waals surface area contributed by atoms with E-state index in [1.165, 1.54) is 43.6 Å². The lowest BCUT2D eigenvalue weighted by atomic mass is 9.88. The highest BCUT2D eigenvalue weighted by atomic mass is 16.5. The van der Waals surface area contributed by atoms with Gasteiger partial charge in [-0.1, -0.05) is 33.8 Å². The number of methoxy groups -OCH3 is 1. The molecule has 0 saturated carbocycles. The standard InChI is InChI=1S/C19H31NO/c1-14(2)12-16-8-10-20(11-9-16)17-6-7-18(15(3)4)19(13-17)21-5/h6-7,13-16H,8-12H2,1-5H3. The summed E-state index contributed by atoms with van der Waals surface area (Å²) in [5.41, 5.74) is 2.62. The number of rotatable bonds is 5. The molecule has 0 bridgehead atoms. The highest BCUT2D eigenvalue weighted by molar-refractivity contribution is 5.54. The fraction of sp³-hybridized carbons (Fsp3) is 0.684. The molecule has 0 N–H and O–H groups in total. The molecule has 0 radical (unpaired) electrons. The van der Waals surface area contributed by atoms with Crippen molar-refractivity contribution in [1.82, 2.24) is 0 Å². The summed E-state index contributed by atoms with van der Waals surface area (Å²) in [6.45, 7) is 11.5. The maximum absolute atomic E-state index is 5.59. The van der Waals surface area contributed by atoms with Crippen LogP contribution in [0.2, 0.25) is 0 Å². The van der Waals surface area contributed by atoms with Gasteiger partial charge in [0, 0.05) is 24.8 Å². The van der Waals surface area contributed by atoms with Gasteiger partial charge in [0.05, 0.1) is 7.11 Å². The molecule has 21 heavy (non-hydrogen) atoms. The van der Waals surface area contributed by atoms with Gasteiger partial charge in [-0.15, -0.1) is 0 Å². The molecule has 1 fully saturated rings. The summed E-state index contributed by atoms with van der Waals surface area (Å²) in [4.78, 5) is 2.52. The lowest BCUT2D eigenvalue weighted by Gasteiger charge is -2.34. The summed E-state index contributed by atoms with van der Waals surface area (Å²) in [6.07, 6.45) is 4.03. The molecule has 1 aromatic rings. The van der Waals surface area contributed by atoms with Crippen LogP contribution in [0, 0.1) is 11.8 Å². The molecule has 2 rings (SSSR count). The molecule has 0 aromatic heterocycles. The molecule has 1 aliphatic rings. The number of ether oxygens (including phenoxy) is 1. The highest BCUT2D eigenvalue weighted by Crippen LogP contribution is 2.33. The molecule has 1 heterocycles. The van der Waals surface area contributed by atoms with Crippen LogP contribution < -0.4 is 9.64 Å². The summed E-state index contributed by atoms with van der Waals surface area (Å²) in [5, 5.41) is 0. The summed E-state index contributed by atoms with van der Waals surface area (Å²) in [6, 6.07) is 6.72. The smallest absolute Gasteiger partial charge is 0.124 e. The van der Waals surface area contributed by atoms with E-state index in [2.05, 4.69) is 50.8 Å². The Balaban J connectivity index is 2.03. The number of nitrogens with zero attached hydrogens (tertiary/aromatic N) is 1. The number of hydrogen-bond acceptors (Lipinski definition) is 2. The topological polar surface area (TPSA) is 12.5 Å². The van der Waals surface area contributed by atoms with Crippen LogP contribution in [0.4, 0.5) is 5.69 Å². The molecule has 0 unspecified atom stereocenters. The van der Waals surface area contributed by atoms with Crippen molar-refractivity contribution in [1.29, 1.82) is 0 Å². The zero-order valence-electron chi connectivity index (χ0n) is 14.4. The molecule has 0 aliphatic carbocycles. The maximum Gasteiger partial charge on any atom is 0.124 e. The fourth-order valence-electron chi connectivity index (χ4n) is 3.47. The van der Waals surface area contributed by atoms with E-state index < -0.39 is 0 Å². The van der Waals surface area contributed by atoms with E-state index >= 15 is 0 Å². The summed E-state index contributed by atoms with van der Waals surface area (Å²) >= 11 is 0. The normalized spacial score (nSPS) is 16.8. The first-order chi connectivity index (χ1) is 10.0. The Morgan fingerprint density at radius 3 is 2.33 bits per heavy atom. The Hall–Kier alpha value is -1.18. The van der Waals surface area contributed by atoms with E-state index in [0.717, 1.165) is 17.6 Å². The van der Waals surface area contributed by atoms with Crippen LogP contribution in [-0.2, 0) is 0 Å². The SMILES string of the molecule is COc1cc(N2CCC(CC(C)C)CC2)ccc1C(C)C. The van der Waals surface area contributed by atoms with Crippen LogP contribution in [-0.4, -0.2) is 20.2 Å². The summed E-state index contributed by atoms with van der Waals surface area (Å²) in [5.74, 6) is 3.28. The van der Waals surface area contributed by atoms with E-state index in [1.54, 1.807) is 7.11 Å². The van der Waals surface area contributed by atoms with Crippen LogP contribution in [0.3, 0.4) is 0 Å². The molecule has 2 heteroatoms. The van der Waals surface area contributed by atoms with Crippen molar-refractivity contribution in [2.45, 2.75) is 52.9 Å². The zero-order chi connectivity index (χ0) is 15.4.